The number of amides is 1. The minimum Gasteiger partial charge on any atom is -0.302 e. The van der Waals surface area contributed by atoms with E-state index in [1.165, 1.54) is 29.8 Å². The van der Waals surface area contributed by atoms with Gasteiger partial charge in [-0.3, -0.25) is 9.48 Å². The van der Waals surface area contributed by atoms with E-state index in [1.54, 1.807) is 23.1 Å². The number of hydrogen-bond acceptors (Lipinski definition) is 5. The second kappa shape index (κ2) is 6.66. The maximum absolute atomic E-state index is 13.0. The number of aromatic nitrogens is 4. The van der Waals surface area contributed by atoms with E-state index in [0.29, 0.717) is 11.7 Å². The molecule has 1 aromatic carbocycles. The molecule has 2 aromatic heterocycles. The molecule has 3 rings (SSSR count). The number of aryl methyl sites for hydroxylation is 2. The predicted octanol–water partition coefficient (Wildman–Crippen LogP) is 2.88. The lowest BCUT2D eigenvalue weighted by atomic mass is 10.1. The second-order valence-electron chi connectivity index (χ2n) is 4.89. The molecule has 2 heterocycles. The highest BCUT2D eigenvalue weighted by Crippen LogP contribution is 2.30. The van der Waals surface area contributed by atoms with Crippen LogP contribution in [-0.2, 0) is 11.3 Å². The Balaban J connectivity index is 1.66. The quantitative estimate of drug-likeness (QED) is 0.780. The minimum absolute atomic E-state index is 0.139. The molecule has 0 atom stereocenters. The molecule has 0 saturated heterocycles. The number of carbonyl (C=O) groups is 1. The Kier molecular flexibility index (Phi) is 4.42. The Labute approximate surface area is 136 Å². The zero-order chi connectivity index (χ0) is 16.2. The normalized spacial score (nSPS) is 10.7. The molecule has 0 bridgehead atoms. The van der Waals surface area contributed by atoms with Crippen molar-refractivity contribution in [2.75, 3.05) is 5.32 Å². The number of halogens is 1. The van der Waals surface area contributed by atoms with Crippen molar-refractivity contribution in [2.24, 2.45) is 0 Å². The first-order valence-corrected chi connectivity index (χ1v) is 7.79. The molecule has 1 N–H and O–H groups in total. The van der Waals surface area contributed by atoms with Crippen LogP contribution in [0.3, 0.4) is 0 Å². The molecule has 1 amide bonds. The fourth-order valence-electron chi connectivity index (χ4n) is 2.07. The first-order chi connectivity index (χ1) is 11.1. The molecule has 0 spiro atoms. The van der Waals surface area contributed by atoms with Crippen molar-refractivity contribution in [1.29, 1.82) is 0 Å². The lowest BCUT2D eigenvalue weighted by Gasteiger charge is -2.01. The number of nitrogens with one attached hydrogen (secondary N) is 1. The van der Waals surface area contributed by atoms with E-state index in [-0.39, 0.29) is 18.1 Å². The molecule has 0 radical (unpaired) electrons. The Morgan fingerprint density at radius 3 is 2.83 bits per heavy atom. The molecule has 0 fully saturated rings. The maximum atomic E-state index is 13.0. The number of rotatable bonds is 5. The van der Waals surface area contributed by atoms with Crippen molar-refractivity contribution in [1.82, 2.24) is 19.7 Å². The van der Waals surface area contributed by atoms with E-state index >= 15 is 0 Å². The van der Waals surface area contributed by atoms with E-state index in [1.807, 2.05) is 6.92 Å². The standard InChI is InChI=1S/C15H14FN5OS/c1-10-14(11-2-4-12(16)5-3-11)20-15(23-10)19-13(22)6-7-21-9-17-8-18-21/h2-5,8-9H,6-7H2,1H3,(H,19,20,22). The maximum Gasteiger partial charge on any atom is 0.228 e. The van der Waals surface area contributed by atoms with Crippen molar-refractivity contribution in [3.63, 3.8) is 0 Å². The SMILES string of the molecule is Cc1sc(NC(=O)CCn2cncn2)nc1-c1ccc(F)cc1. The molecular formula is C15H14FN5OS. The molecule has 0 aliphatic carbocycles. The van der Waals surface area contributed by atoms with E-state index in [9.17, 15) is 9.18 Å². The fraction of sp³-hybridized carbons (Fsp3) is 0.200. The van der Waals surface area contributed by atoms with Crippen LogP contribution in [-0.4, -0.2) is 25.7 Å². The van der Waals surface area contributed by atoms with Crippen molar-refractivity contribution in [3.05, 3.63) is 47.6 Å². The summed E-state index contributed by atoms with van der Waals surface area (Å²) in [5, 5.41) is 7.25. The summed E-state index contributed by atoms with van der Waals surface area (Å²) < 4.78 is 14.6. The van der Waals surface area contributed by atoms with Gasteiger partial charge in [-0.15, -0.1) is 11.3 Å². The van der Waals surface area contributed by atoms with Gasteiger partial charge >= 0.3 is 0 Å². The minimum atomic E-state index is -0.289. The lowest BCUT2D eigenvalue weighted by Crippen LogP contribution is -2.14. The van der Waals surface area contributed by atoms with Gasteiger partial charge in [0.1, 0.15) is 18.5 Å². The molecule has 0 unspecified atom stereocenters. The van der Waals surface area contributed by atoms with Gasteiger partial charge in [0.2, 0.25) is 5.91 Å². The van der Waals surface area contributed by atoms with Gasteiger partial charge in [0, 0.05) is 16.9 Å². The zero-order valence-electron chi connectivity index (χ0n) is 12.4. The molecule has 3 aromatic rings. The number of thiazole rings is 1. The summed E-state index contributed by atoms with van der Waals surface area (Å²) in [6.45, 7) is 2.38. The molecule has 0 aliphatic rings. The van der Waals surface area contributed by atoms with Crippen LogP contribution >= 0.6 is 11.3 Å². The van der Waals surface area contributed by atoms with E-state index < -0.39 is 0 Å². The van der Waals surface area contributed by atoms with Gasteiger partial charge in [-0.25, -0.2) is 14.4 Å². The Morgan fingerprint density at radius 2 is 2.13 bits per heavy atom. The van der Waals surface area contributed by atoms with Crippen LogP contribution in [0.15, 0.2) is 36.9 Å². The largest absolute Gasteiger partial charge is 0.302 e. The van der Waals surface area contributed by atoms with E-state index in [4.69, 9.17) is 0 Å². The van der Waals surface area contributed by atoms with Gasteiger partial charge in [0.15, 0.2) is 5.13 Å². The van der Waals surface area contributed by atoms with Crippen LogP contribution in [0.25, 0.3) is 11.3 Å². The lowest BCUT2D eigenvalue weighted by molar-refractivity contribution is -0.116. The second-order valence-corrected chi connectivity index (χ2v) is 6.09. The van der Waals surface area contributed by atoms with E-state index in [0.717, 1.165) is 16.1 Å². The van der Waals surface area contributed by atoms with Crippen molar-refractivity contribution in [2.45, 2.75) is 19.9 Å². The first kappa shape index (κ1) is 15.3. The third-order valence-corrected chi connectivity index (χ3v) is 4.08. The Hall–Kier alpha value is -2.61. The summed E-state index contributed by atoms with van der Waals surface area (Å²) in [6.07, 6.45) is 3.28. The highest BCUT2D eigenvalue weighted by Gasteiger charge is 2.12. The van der Waals surface area contributed by atoms with Gasteiger partial charge in [-0.05, 0) is 31.2 Å². The van der Waals surface area contributed by atoms with Crippen molar-refractivity contribution < 1.29 is 9.18 Å². The zero-order valence-corrected chi connectivity index (χ0v) is 13.2. The third-order valence-electron chi connectivity index (χ3n) is 3.20. The first-order valence-electron chi connectivity index (χ1n) is 6.97. The smallest absolute Gasteiger partial charge is 0.228 e. The number of hydrogen-bond donors (Lipinski definition) is 1. The molecular weight excluding hydrogens is 317 g/mol. The molecule has 0 aliphatic heterocycles. The van der Waals surface area contributed by atoms with Gasteiger partial charge in [0.25, 0.3) is 0 Å². The number of benzene rings is 1. The summed E-state index contributed by atoms with van der Waals surface area (Å²) in [7, 11) is 0. The highest BCUT2D eigenvalue weighted by molar-refractivity contribution is 7.16. The summed E-state index contributed by atoms with van der Waals surface area (Å²) in [5.74, 6) is -0.428. The average Bonchev–Trinajstić information content (AvgIpc) is 3.16. The van der Waals surface area contributed by atoms with Crippen LogP contribution in [0, 0.1) is 12.7 Å². The number of nitrogens with zero attached hydrogens (tertiary/aromatic N) is 4. The van der Waals surface area contributed by atoms with Gasteiger partial charge < -0.3 is 5.32 Å². The Morgan fingerprint density at radius 1 is 1.35 bits per heavy atom. The monoisotopic (exact) mass is 331 g/mol. The third kappa shape index (κ3) is 3.78. The molecule has 6 nitrogen and oxygen atoms in total. The van der Waals surface area contributed by atoms with Gasteiger partial charge in [0.05, 0.1) is 12.2 Å². The summed E-state index contributed by atoms with van der Waals surface area (Å²) in [6, 6.07) is 6.14. The van der Waals surface area contributed by atoms with Gasteiger partial charge in [-0.1, -0.05) is 0 Å². The van der Waals surface area contributed by atoms with Crippen LogP contribution in [0.2, 0.25) is 0 Å². The Bertz CT molecular complexity index is 798. The fourth-order valence-corrected chi connectivity index (χ4v) is 2.92. The topological polar surface area (TPSA) is 72.7 Å². The summed E-state index contributed by atoms with van der Waals surface area (Å²) in [4.78, 5) is 21.2. The predicted molar refractivity (Wildman–Crippen MR) is 85.5 cm³/mol. The molecule has 23 heavy (non-hydrogen) atoms. The molecule has 118 valence electrons. The van der Waals surface area contributed by atoms with Crippen LogP contribution in [0.1, 0.15) is 11.3 Å². The summed E-state index contributed by atoms with van der Waals surface area (Å²) >= 11 is 1.39. The number of carbonyl (C=O) groups excluding carboxylic acids is 1. The van der Waals surface area contributed by atoms with Crippen molar-refractivity contribution >= 4 is 22.4 Å². The van der Waals surface area contributed by atoms with E-state index in [2.05, 4.69) is 20.4 Å². The number of anilines is 1. The van der Waals surface area contributed by atoms with Gasteiger partial charge in [-0.2, -0.15) is 5.10 Å². The van der Waals surface area contributed by atoms with Crippen LogP contribution in [0.5, 0.6) is 0 Å². The molecule has 8 heteroatoms. The average molecular weight is 331 g/mol. The van der Waals surface area contributed by atoms with Crippen LogP contribution < -0.4 is 5.32 Å². The summed E-state index contributed by atoms with van der Waals surface area (Å²) in [5.41, 5.74) is 1.57. The molecule has 0 saturated carbocycles. The van der Waals surface area contributed by atoms with Crippen LogP contribution in [0.4, 0.5) is 9.52 Å². The highest BCUT2D eigenvalue weighted by atomic mass is 32.1. The van der Waals surface area contributed by atoms with Crippen molar-refractivity contribution in [3.8, 4) is 11.3 Å².